The van der Waals surface area contributed by atoms with E-state index in [1.165, 1.54) is 0 Å². The Balaban J connectivity index is 1.77. The average molecular weight is 309 g/mol. The molecule has 1 heterocycles. The number of imidazole rings is 1. The topological polar surface area (TPSA) is 77.8 Å². The van der Waals surface area contributed by atoms with Crippen molar-refractivity contribution >= 4 is 22.6 Å². The van der Waals surface area contributed by atoms with Gasteiger partial charge in [0.2, 0.25) is 5.91 Å². The number of aromatic nitrogens is 2. The van der Waals surface area contributed by atoms with Gasteiger partial charge in [-0.05, 0) is 35.2 Å². The fraction of sp³-hybridized carbons (Fsp3) is 0.222. The molecule has 0 spiro atoms. The molecule has 5 heteroatoms. The monoisotopic (exact) mass is 309 g/mol. The van der Waals surface area contributed by atoms with E-state index >= 15 is 0 Å². The van der Waals surface area contributed by atoms with Crippen molar-refractivity contribution in [2.24, 2.45) is 0 Å². The van der Waals surface area contributed by atoms with Crippen molar-refractivity contribution in [3.05, 3.63) is 64.1 Å². The Kier molecular flexibility index (Phi) is 4.02. The molecule has 1 amide bonds. The molecule has 118 valence electrons. The van der Waals surface area contributed by atoms with E-state index in [1.54, 1.807) is 6.07 Å². The molecule has 23 heavy (non-hydrogen) atoms. The molecule has 0 fully saturated rings. The van der Waals surface area contributed by atoms with Crippen LogP contribution in [0.3, 0.4) is 0 Å². The Labute approximate surface area is 133 Å². The van der Waals surface area contributed by atoms with Gasteiger partial charge in [-0.3, -0.25) is 4.79 Å². The highest BCUT2D eigenvalue weighted by Gasteiger charge is 2.10. The number of para-hydroxylation sites is 1. The van der Waals surface area contributed by atoms with Gasteiger partial charge < -0.3 is 15.3 Å². The lowest BCUT2D eigenvalue weighted by molar-refractivity contribution is -0.115. The van der Waals surface area contributed by atoms with Gasteiger partial charge >= 0.3 is 5.69 Å². The zero-order chi connectivity index (χ0) is 16.4. The number of benzene rings is 2. The van der Waals surface area contributed by atoms with Gasteiger partial charge in [0.05, 0.1) is 17.5 Å². The Morgan fingerprint density at radius 2 is 1.83 bits per heavy atom. The first kappa shape index (κ1) is 15.1. The summed E-state index contributed by atoms with van der Waals surface area (Å²) < 4.78 is 0. The number of carbonyl (C=O) groups excluding carboxylic acids is 1. The number of H-pyrrole nitrogens is 2. The first-order valence-electron chi connectivity index (χ1n) is 7.62. The molecule has 3 rings (SSSR count). The molecule has 2 aromatic carbocycles. The molecule has 1 aromatic heterocycles. The first-order chi connectivity index (χ1) is 11.0. The molecule has 0 saturated heterocycles. The molecule has 5 nitrogen and oxygen atoms in total. The van der Waals surface area contributed by atoms with Crippen molar-refractivity contribution in [1.29, 1.82) is 0 Å². The van der Waals surface area contributed by atoms with E-state index in [4.69, 9.17) is 0 Å². The maximum absolute atomic E-state index is 12.3. The van der Waals surface area contributed by atoms with Gasteiger partial charge in [-0.1, -0.05) is 38.1 Å². The van der Waals surface area contributed by atoms with Crippen molar-refractivity contribution in [3.63, 3.8) is 0 Å². The van der Waals surface area contributed by atoms with Gasteiger partial charge in [-0.25, -0.2) is 4.79 Å². The van der Waals surface area contributed by atoms with Crippen molar-refractivity contribution in [1.82, 2.24) is 9.97 Å². The van der Waals surface area contributed by atoms with Crippen LogP contribution in [0, 0.1) is 0 Å². The summed E-state index contributed by atoms with van der Waals surface area (Å²) in [5.41, 5.74) is 4.03. The third kappa shape index (κ3) is 3.34. The van der Waals surface area contributed by atoms with E-state index in [1.807, 2.05) is 36.4 Å². The fourth-order valence-electron chi connectivity index (χ4n) is 2.68. The third-order valence-electron chi connectivity index (χ3n) is 3.80. The van der Waals surface area contributed by atoms with Crippen molar-refractivity contribution in [2.45, 2.75) is 26.2 Å². The summed E-state index contributed by atoms with van der Waals surface area (Å²) >= 11 is 0. The van der Waals surface area contributed by atoms with Crippen LogP contribution in [0.1, 0.15) is 30.9 Å². The number of hydrogen-bond donors (Lipinski definition) is 3. The summed E-state index contributed by atoms with van der Waals surface area (Å²) in [5.74, 6) is 0.267. The van der Waals surface area contributed by atoms with Crippen LogP contribution >= 0.6 is 0 Å². The van der Waals surface area contributed by atoms with Gasteiger partial charge in [0.1, 0.15) is 0 Å². The van der Waals surface area contributed by atoms with Gasteiger partial charge in [0.25, 0.3) is 0 Å². The molecule has 0 unspecified atom stereocenters. The highest BCUT2D eigenvalue weighted by molar-refractivity contribution is 5.93. The van der Waals surface area contributed by atoms with Crippen molar-refractivity contribution < 1.29 is 4.79 Å². The summed E-state index contributed by atoms with van der Waals surface area (Å²) in [6.45, 7) is 4.20. The lowest BCUT2D eigenvalue weighted by Gasteiger charge is -2.13. The van der Waals surface area contributed by atoms with Gasteiger partial charge in [-0.15, -0.1) is 0 Å². The van der Waals surface area contributed by atoms with Crippen LogP contribution in [0.5, 0.6) is 0 Å². The van der Waals surface area contributed by atoms with Crippen LogP contribution in [-0.4, -0.2) is 15.9 Å². The number of carbonyl (C=O) groups is 1. The number of amides is 1. The average Bonchev–Trinajstić information content (AvgIpc) is 2.86. The predicted octanol–water partition coefficient (Wildman–Crippen LogP) is 3.16. The number of fused-ring (bicyclic) bond motifs is 1. The predicted molar refractivity (Wildman–Crippen MR) is 91.8 cm³/mol. The summed E-state index contributed by atoms with van der Waals surface area (Å²) in [4.78, 5) is 29.0. The van der Waals surface area contributed by atoms with E-state index in [-0.39, 0.29) is 18.0 Å². The summed E-state index contributed by atoms with van der Waals surface area (Å²) in [6.07, 6.45) is 0.260. The minimum absolute atomic E-state index is 0.0738. The molecule has 3 N–H and O–H groups in total. The minimum Gasteiger partial charge on any atom is -0.326 e. The molecule has 0 bridgehead atoms. The Morgan fingerprint density at radius 1 is 1.09 bits per heavy atom. The first-order valence-corrected chi connectivity index (χ1v) is 7.62. The van der Waals surface area contributed by atoms with E-state index in [0.29, 0.717) is 11.4 Å². The molecule has 3 aromatic rings. The zero-order valence-electron chi connectivity index (χ0n) is 13.1. The largest absolute Gasteiger partial charge is 0.326 e. The maximum Gasteiger partial charge on any atom is 0.323 e. The van der Waals surface area contributed by atoms with Crippen molar-refractivity contribution in [2.75, 3.05) is 5.32 Å². The summed E-state index contributed by atoms with van der Waals surface area (Å²) in [5, 5.41) is 2.97. The highest BCUT2D eigenvalue weighted by Crippen LogP contribution is 2.23. The fourth-order valence-corrected chi connectivity index (χ4v) is 2.68. The second kappa shape index (κ2) is 6.12. The standard InChI is InChI=1S/C18H19N3O2/c1-11(2)13-5-3-4-6-14(13)19-17(22)10-12-7-8-15-16(9-12)21-18(23)20-15/h3-9,11H,10H2,1-2H3,(H,19,22)(H2,20,21,23). The number of nitrogens with one attached hydrogen (secondary N) is 3. The van der Waals surface area contributed by atoms with Gasteiger partial charge in [0.15, 0.2) is 0 Å². The summed E-state index contributed by atoms with van der Waals surface area (Å²) in [6, 6.07) is 13.3. The lowest BCUT2D eigenvalue weighted by Crippen LogP contribution is -2.15. The zero-order valence-corrected chi connectivity index (χ0v) is 13.1. The SMILES string of the molecule is CC(C)c1ccccc1NC(=O)Cc1ccc2[nH]c(=O)[nH]c2c1. The van der Waals surface area contributed by atoms with E-state index in [2.05, 4.69) is 29.1 Å². The second-order valence-electron chi connectivity index (χ2n) is 5.93. The molecule has 0 radical (unpaired) electrons. The molecular formula is C18H19N3O2. The van der Waals surface area contributed by atoms with Crippen LogP contribution in [-0.2, 0) is 11.2 Å². The smallest absolute Gasteiger partial charge is 0.323 e. The highest BCUT2D eigenvalue weighted by atomic mass is 16.1. The van der Waals surface area contributed by atoms with E-state index in [0.717, 1.165) is 22.3 Å². The Morgan fingerprint density at radius 3 is 2.61 bits per heavy atom. The second-order valence-corrected chi connectivity index (χ2v) is 5.93. The van der Waals surface area contributed by atoms with E-state index < -0.39 is 0 Å². The van der Waals surface area contributed by atoms with E-state index in [9.17, 15) is 9.59 Å². The Bertz CT molecular complexity index is 906. The summed E-state index contributed by atoms with van der Waals surface area (Å²) in [7, 11) is 0. The molecular weight excluding hydrogens is 290 g/mol. The van der Waals surface area contributed by atoms with Gasteiger partial charge in [-0.2, -0.15) is 0 Å². The minimum atomic E-state index is -0.243. The molecule has 0 aliphatic carbocycles. The molecule has 0 saturated carbocycles. The normalized spacial score (nSPS) is 11.1. The van der Waals surface area contributed by atoms with Crippen LogP contribution in [0.2, 0.25) is 0 Å². The van der Waals surface area contributed by atoms with Crippen LogP contribution in [0.25, 0.3) is 11.0 Å². The van der Waals surface area contributed by atoms with Crippen LogP contribution in [0.15, 0.2) is 47.3 Å². The quantitative estimate of drug-likeness (QED) is 0.692. The molecule has 0 aliphatic rings. The van der Waals surface area contributed by atoms with Gasteiger partial charge in [0, 0.05) is 5.69 Å². The lowest BCUT2D eigenvalue weighted by atomic mass is 10.0. The Hall–Kier alpha value is -2.82. The number of aromatic amines is 2. The maximum atomic E-state index is 12.3. The third-order valence-corrected chi connectivity index (χ3v) is 3.80. The van der Waals surface area contributed by atoms with Crippen LogP contribution < -0.4 is 11.0 Å². The number of hydrogen-bond acceptors (Lipinski definition) is 2. The number of anilines is 1. The van der Waals surface area contributed by atoms with Crippen LogP contribution in [0.4, 0.5) is 5.69 Å². The number of rotatable bonds is 4. The van der Waals surface area contributed by atoms with Crippen molar-refractivity contribution in [3.8, 4) is 0 Å². The molecule has 0 aliphatic heterocycles. The molecule has 0 atom stereocenters.